The topological polar surface area (TPSA) is 48.5 Å². The number of para-hydroxylation sites is 1. The van der Waals surface area contributed by atoms with Gasteiger partial charge in [0.2, 0.25) is 0 Å². The van der Waals surface area contributed by atoms with Gasteiger partial charge in [-0.1, -0.05) is 18.2 Å². The van der Waals surface area contributed by atoms with Gasteiger partial charge in [-0.3, -0.25) is 9.78 Å². The van der Waals surface area contributed by atoms with E-state index >= 15 is 0 Å². The number of halogens is 2. The van der Waals surface area contributed by atoms with Crippen molar-refractivity contribution in [3.8, 4) is 0 Å². The highest BCUT2D eigenvalue weighted by atomic mass is 19.2. The van der Waals surface area contributed by atoms with E-state index in [4.69, 9.17) is 0 Å². The lowest BCUT2D eigenvalue weighted by molar-refractivity contribution is 0.102. The molecule has 1 N–H and O–H groups in total. The van der Waals surface area contributed by atoms with Crippen LogP contribution in [-0.4, -0.2) is 37.1 Å². The molecular weight excluding hydrogens is 374 g/mol. The van der Waals surface area contributed by atoms with E-state index in [0.29, 0.717) is 5.56 Å². The molecule has 4 rings (SSSR count). The van der Waals surface area contributed by atoms with Crippen LogP contribution in [0.25, 0.3) is 0 Å². The lowest BCUT2D eigenvalue weighted by Gasteiger charge is -2.37. The number of piperazine rings is 1. The Hall–Kier alpha value is -3.48. The number of carbonyl (C=O) groups is 1. The van der Waals surface area contributed by atoms with E-state index in [9.17, 15) is 13.6 Å². The molecule has 3 aromatic rings. The van der Waals surface area contributed by atoms with Crippen LogP contribution in [0.2, 0.25) is 0 Å². The third-order valence-corrected chi connectivity index (χ3v) is 4.93. The zero-order valence-corrected chi connectivity index (χ0v) is 15.7. The number of amides is 1. The second-order valence-corrected chi connectivity index (χ2v) is 6.82. The minimum absolute atomic E-state index is 0.191. The van der Waals surface area contributed by atoms with E-state index in [-0.39, 0.29) is 5.69 Å². The Morgan fingerprint density at radius 1 is 0.828 bits per heavy atom. The summed E-state index contributed by atoms with van der Waals surface area (Å²) in [7, 11) is 0. The van der Waals surface area contributed by atoms with Crippen LogP contribution in [-0.2, 0) is 0 Å². The zero-order valence-electron chi connectivity index (χ0n) is 15.7. The van der Waals surface area contributed by atoms with Crippen molar-refractivity contribution in [1.82, 2.24) is 4.98 Å². The number of pyridine rings is 1. The molecular formula is C22H20F2N4O. The maximum absolute atomic E-state index is 13.3. The van der Waals surface area contributed by atoms with Gasteiger partial charge in [0.1, 0.15) is 0 Å². The fourth-order valence-electron chi connectivity index (χ4n) is 3.36. The monoisotopic (exact) mass is 394 g/mol. The highest BCUT2D eigenvalue weighted by Gasteiger charge is 2.19. The molecule has 0 spiro atoms. The number of rotatable bonds is 4. The van der Waals surface area contributed by atoms with Crippen molar-refractivity contribution in [2.75, 3.05) is 41.3 Å². The Morgan fingerprint density at radius 2 is 1.52 bits per heavy atom. The van der Waals surface area contributed by atoms with Crippen LogP contribution in [0, 0.1) is 11.6 Å². The Balaban J connectivity index is 1.42. The van der Waals surface area contributed by atoms with Crippen molar-refractivity contribution < 1.29 is 13.6 Å². The quantitative estimate of drug-likeness (QED) is 0.728. The Bertz CT molecular complexity index is 1000. The SMILES string of the molecule is O=C(Nc1ccc(F)c(F)c1)c1cncc(N2CCN(c3ccccc3)CC2)c1. The Labute approximate surface area is 167 Å². The average molecular weight is 394 g/mol. The predicted molar refractivity (Wildman–Crippen MR) is 109 cm³/mol. The first-order valence-corrected chi connectivity index (χ1v) is 9.36. The molecule has 1 amide bonds. The molecule has 7 heteroatoms. The first-order chi connectivity index (χ1) is 14.1. The maximum Gasteiger partial charge on any atom is 0.257 e. The van der Waals surface area contributed by atoms with E-state index in [2.05, 4.69) is 32.2 Å². The highest BCUT2D eigenvalue weighted by molar-refractivity contribution is 6.04. The molecule has 29 heavy (non-hydrogen) atoms. The summed E-state index contributed by atoms with van der Waals surface area (Å²) in [5.41, 5.74) is 2.61. The number of nitrogens with one attached hydrogen (secondary N) is 1. The van der Waals surface area contributed by atoms with Crippen LogP contribution >= 0.6 is 0 Å². The van der Waals surface area contributed by atoms with Gasteiger partial charge in [0.15, 0.2) is 11.6 Å². The number of nitrogens with zero attached hydrogens (tertiary/aromatic N) is 3. The number of carbonyl (C=O) groups excluding carboxylic acids is 1. The summed E-state index contributed by atoms with van der Waals surface area (Å²) in [6.45, 7) is 3.36. The summed E-state index contributed by atoms with van der Waals surface area (Å²) in [6.07, 6.45) is 3.19. The standard InChI is InChI=1S/C22H20F2N4O/c23-20-7-6-17(13-21(20)24)26-22(29)16-12-19(15-25-14-16)28-10-8-27(9-11-28)18-4-2-1-3-5-18/h1-7,12-15H,8-11H2,(H,26,29). The molecule has 0 saturated carbocycles. The van der Waals surface area contributed by atoms with Gasteiger partial charge in [0, 0.05) is 49.8 Å². The van der Waals surface area contributed by atoms with Crippen LogP contribution in [0.4, 0.5) is 25.8 Å². The number of benzene rings is 2. The Kier molecular flexibility index (Phi) is 5.37. The molecule has 1 aliphatic rings. The number of anilines is 3. The first-order valence-electron chi connectivity index (χ1n) is 9.36. The largest absolute Gasteiger partial charge is 0.368 e. The fraction of sp³-hybridized carbons (Fsp3) is 0.182. The molecule has 2 aromatic carbocycles. The first kappa shape index (κ1) is 18.9. The summed E-state index contributed by atoms with van der Waals surface area (Å²) < 4.78 is 26.4. The lowest BCUT2D eigenvalue weighted by Crippen LogP contribution is -2.46. The fourth-order valence-corrected chi connectivity index (χ4v) is 3.36. The van der Waals surface area contributed by atoms with Crippen molar-refractivity contribution in [2.45, 2.75) is 0 Å². The summed E-state index contributed by atoms with van der Waals surface area (Å²) in [6, 6.07) is 15.3. The molecule has 5 nitrogen and oxygen atoms in total. The van der Waals surface area contributed by atoms with Gasteiger partial charge in [-0.15, -0.1) is 0 Å². The summed E-state index contributed by atoms with van der Waals surface area (Å²) in [5, 5.41) is 2.57. The minimum Gasteiger partial charge on any atom is -0.368 e. The van der Waals surface area contributed by atoms with Crippen molar-refractivity contribution >= 4 is 23.0 Å². The van der Waals surface area contributed by atoms with E-state index in [1.807, 2.05) is 18.2 Å². The summed E-state index contributed by atoms with van der Waals surface area (Å²) in [4.78, 5) is 21.2. The molecule has 1 aromatic heterocycles. The number of hydrogen-bond donors (Lipinski definition) is 1. The van der Waals surface area contributed by atoms with E-state index in [0.717, 1.165) is 44.0 Å². The summed E-state index contributed by atoms with van der Waals surface area (Å²) >= 11 is 0. The zero-order chi connectivity index (χ0) is 20.2. The molecule has 1 aliphatic heterocycles. The highest BCUT2D eigenvalue weighted by Crippen LogP contribution is 2.21. The van der Waals surface area contributed by atoms with Gasteiger partial charge < -0.3 is 15.1 Å². The maximum atomic E-state index is 13.3. The molecule has 0 radical (unpaired) electrons. The predicted octanol–water partition coefficient (Wildman–Crippen LogP) is 3.94. The van der Waals surface area contributed by atoms with Gasteiger partial charge in [0.25, 0.3) is 5.91 Å². The molecule has 1 fully saturated rings. The molecule has 1 saturated heterocycles. The second kappa shape index (κ2) is 8.26. The van der Waals surface area contributed by atoms with E-state index in [1.165, 1.54) is 18.0 Å². The van der Waals surface area contributed by atoms with Gasteiger partial charge in [-0.05, 0) is 30.3 Å². The van der Waals surface area contributed by atoms with Gasteiger partial charge in [0.05, 0.1) is 17.4 Å². The molecule has 2 heterocycles. The normalized spacial score (nSPS) is 14.0. The van der Waals surface area contributed by atoms with Crippen LogP contribution in [0.5, 0.6) is 0 Å². The second-order valence-electron chi connectivity index (χ2n) is 6.82. The average Bonchev–Trinajstić information content (AvgIpc) is 2.77. The van der Waals surface area contributed by atoms with E-state index in [1.54, 1.807) is 12.3 Å². The van der Waals surface area contributed by atoms with Crippen LogP contribution in [0.3, 0.4) is 0 Å². The van der Waals surface area contributed by atoms with Crippen LogP contribution < -0.4 is 15.1 Å². The number of aromatic nitrogens is 1. The van der Waals surface area contributed by atoms with Crippen LogP contribution in [0.1, 0.15) is 10.4 Å². The molecule has 0 aliphatic carbocycles. The van der Waals surface area contributed by atoms with Crippen molar-refractivity contribution in [1.29, 1.82) is 0 Å². The number of hydrogen-bond acceptors (Lipinski definition) is 4. The Morgan fingerprint density at radius 3 is 2.21 bits per heavy atom. The van der Waals surface area contributed by atoms with Gasteiger partial charge >= 0.3 is 0 Å². The van der Waals surface area contributed by atoms with Crippen molar-refractivity contribution in [3.05, 3.63) is 84.2 Å². The smallest absolute Gasteiger partial charge is 0.257 e. The van der Waals surface area contributed by atoms with Crippen molar-refractivity contribution in [2.24, 2.45) is 0 Å². The third kappa shape index (κ3) is 4.34. The van der Waals surface area contributed by atoms with Crippen LogP contribution in [0.15, 0.2) is 67.0 Å². The van der Waals surface area contributed by atoms with Crippen molar-refractivity contribution in [3.63, 3.8) is 0 Å². The summed E-state index contributed by atoms with van der Waals surface area (Å²) in [5.74, 6) is -2.39. The lowest BCUT2D eigenvalue weighted by atomic mass is 10.2. The minimum atomic E-state index is -1.01. The van der Waals surface area contributed by atoms with Gasteiger partial charge in [-0.2, -0.15) is 0 Å². The van der Waals surface area contributed by atoms with Gasteiger partial charge in [-0.25, -0.2) is 8.78 Å². The molecule has 0 bridgehead atoms. The van der Waals surface area contributed by atoms with E-state index < -0.39 is 17.5 Å². The molecule has 0 atom stereocenters. The molecule has 148 valence electrons. The molecule has 0 unspecified atom stereocenters. The third-order valence-electron chi connectivity index (χ3n) is 4.93.